The normalized spacial score (nSPS) is 11.0. The molecule has 0 bridgehead atoms. The first-order valence-electron chi connectivity index (χ1n) is 17.9. The second-order valence-corrected chi connectivity index (χ2v) is 18.8. The second-order valence-electron chi connectivity index (χ2n) is 14.0. The minimum atomic E-state index is -0.826. The molecule has 2 nitrogen and oxygen atoms in total. The summed E-state index contributed by atoms with van der Waals surface area (Å²) in [5, 5.41) is 5.39. The van der Waals surface area contributed by atoms with Gasteiger partial charge in [0, 0.05) is 9.52 Å². The zero-order valence-electron chi connectivity index (χ0n) is 32.4. The Kier molecular flexibility index (Phi) is 17.7. The summed E-state index contributed by atoms with van der Waals surface area (Å²) >= 11 is -0.826. The van der Waals surface area contributed by atoms with Gasteiger partial charge < -0.3 is 0 Å². The third kappa shape index (κ3) is 11.6. The molecule has 0 aliphatic heterocycles. The average Bonchev–Trinajstić information content (AvgIpc) is 3.77. The molecule has 2 radical (unpaired) electrons. The number of aryl methyl sites for hydroxylation is 2. The SMILES string of the molecule is C=CC[N+](C)(C)c1ccc(-c2cccc3[cH-]c(CC)cc23)cc1.C=CC[N+](C)(C)c1ccc(-c2cccc3[cH-]c(CC)cc23)cc1.C[Si]C.[Cl][Zr+2][Cl]. The quantitative estimate of drug-likeness (QED) is 0.0559. The molecule has 6 aromatic carbocycles. The minimum absolute atomic E-state index is 0.824. The van der Waals surface area contributed by atoms with Crippen molar-refractivity contribution in [1.29, 1.82) is 0 Å². The molecule has 0 aliphatic rings. The van der Waals surface area contributed by atoms with Gasteiger partial charge in [0.25, 0.3) is 0 Å². The molecule has 0 amide bonds. The summed E-state index contributed by atoms with van der Waals surface area (Å²) in [5.74, 6) is 0. The molecule has 0 atom stereocenters. The number of benzene rings is 4. The number of halogens is 2. The maximum absolute atomic E-state index is 4.93. The first-order valence-corrected chi connectivity index (χ1v) is 26.3. The summed E-state index contributed by atoms with van der Waals surface area (Å²) in [6.07, 6.45) is 6.12. The van der Waals surface area contributed by atoms with Crippen LogP contribution < -0.4 is 8.97 Å². The van der Waals surface area contributed by atoms with E-state index in [4.69, 9.17) is 17.0 Å². The molecule has 0 saturated carbocycles. The molecule has 6 rings (SSSR count). The van der Waals surface area contributed by atoms with Crippen LogP contribution in [0, 0.1) is 0 Å². The zero-order valence-corrected chi connectivity index (χ0v) is 37.4. The van der Waals surface area contributed by atoms with Crippen molar-refractivity contribution in [2.24, 2.45) is 0 Å². The van der Waals surface area contributed by atoms with Gasteiger partial charge in [-0.15, -0.1) is 69.1 Å². The zero-order chi connectivity index (χ0) is 38.3. The van der Waals surface area contributed by atoms with Crippen LogP contribution in [0.2, 0.25) is 13.1 Å². The van der Waals surface area contributed by atoms with E-state index in [0.29, 0.717) is 0 Å². The van der Waals surface area contributed by atoms with Crippen molar-refractivity contribution in [2.45, 2.75) is 39.8 Å². The van der Waals surface area contributed by atoms with Gasteiger partial charge in [0.05, 0.1) is 28.2 Å². The number of hydrogen-bond acceptors (Lipinski definition) is 0. The van der Waals surface area contributed by atoms with Crippen LogP contribution in [-0.2, 0) is 33.7 Å². The summed E-state index contributed by atoms with van der Waals surface area (Å²) < 4.78 is 1.65. The monoisotopic (exact) mass is 824 g/mol. The van der Waals surface area contributed by atoms with Crippen LogP contribution in [0.15, 0.2) is 135 Å². The molecule has 0 unspecified atom stereocenters. The van der Waals surface area contributed by atoms with E-state index >= 15 is 0 Å². The van der Waals surface area contributed by atoms with Crippen LogP contribution in [0.3, 0.4) is 0 Å². The molecule has 0 spiro atoms. The van der Waals surface area contributed by atoms with E-state index in [0.717, 1.165) is 44.4 Å². The van der Waals surface area contributed by atoms with Gasteiger partial charge in [-0.05, 0) is 84.7 Å². The number of hydrogen-bond donors (Lipinski definition) is 0. The van der Waals surface area contributed by atoms with Gasteiger partial charge in [0.2, 0.25) is 0 Å². The number of likely N-dealkylation sites (N-methyl/N-ethyl adjacent to an activating group) is 2. The van der Waals surface area contributed by atoms with Gasteiger partial charge >= 0.3 is 37.9 Å². The number of nitrogens with zero attached hydrogens (tertiary/aromatic N) is 2. The molecule has 0 heterocycles. The van der Waals surface area contributed by atoms with Gasteiger partial charge in [-0.25, -0.2) is 0 Å². The molecule has 52 heavy (non-hydrogen) atoms. The van der Waals surface area contributed by atoms with E-state index < -0.39 is 20.8 Å². The first-order chi connectivity index (χ1) is 24.9. The Hall–Kier alpha value is -2.82. The van der Waals surface area contributed by atoms with Crippen LogP contribution in [0.1, 0.15) is 25.0 Å². The van der Waals surface area contributed by atoms with Crippen LogP contribution in [0.5, 0.6) is 0 Å². The Morgan fingerprint density at radius 2 is 0.942 bits per heavy atom. The van der Waals surface area contributed by atoms with Crippen molar-refractivity contribution in [1.82, 2.24) is 8.97 Å². The van der Waals surface area contributed by atoms with Crippen LogP contribution >= 0.6 is 17.0 Å². The third-order valence-electron chi connectivity index (χ3n) is 9.36. The summed E-state index contributed by atoms with van der Waals surface area (Å²) in [4.78, 5) is 0. The molecule has 270 valence electrons. The molecule has 0 fully saturated rings. The van der Waals surface area contributed by atoms with Crippen LogP contribution in [0.25, 0.3) is 43.8 Å². The summed E-state index contributed by atoms with van der Waals surface area (Å²) in [6, 6.07) is 40.3. The fraction of sp³-hybridized carbons (Fsp3) is 0.261. The van der Waals surface area contributed by atoms with E-state index in [2.05, 4.69) is 177 Å². The van der Waals surface area contributed by atoms with E-state index in [1.807, 2.05) is 12.2 Å². The topological polar surface area (TPSA) is 0 Å². The van der Waals surface area contributed by atoms with Crippen molar-refractivity contribution in [2.75, 3.05) is 41.3 Å². The van der Waals surface area contributed by atoms with E-state index in [1.54, 1.807) is 0 Å². The molecule has 0 aromatic heterocycles. The fourth-order valence-corrected chi connectivity index (χ4v) is 6.45. The van der Waals surface area contributed by atoms with Crippen LogP contribution in [-0.4, -0.2) is 50.8 Å². The Bertz CT molecular complexity index is 1840. The van der Waals surface area contributed by atoms with Gasteiger partial charge in [-0.1, -0.05) is 63.4 Å². The fourth-order valence-electron chi connectivity index (χ4n) is 6.45. The first kappa shape index (κ1) is 43.6. The van der Waals surface area contributed by atoms with Crippen molar-refractivity contribution in [3.8, 4) is 22.3 Å². The second kappa shape index (κ2) is 21.2. The van der Waals surface area contributed by atoms with Gasteiger partial charge in [0.1, 0.15) is 24.5 Å². The van der Waals surface area contributed by atoms with E-state index in [1.165, 1.54) is 66.3 Å². The Morgan fingerprint density at radius 3 is 1.23 bits per heavy atom. The Balaban J connectivity index is 0.000000244. The summed E-state index contributed by atoms with van der Waals surface area (Å²) in [7, 11) is 19.8. The van der Waals surface area contributed by atoms with Crippen molar-refractivity contribution in [3.05, 3.63) is 146 Å². The van der Waals surface area contributed by atoms with Crippen molar-refractivity contribution >= 4 is 59.5 Å². The predicted octanol–water partition coefficient (Wildman–Crippen LogP) is 13.2. The molecular formula is C46H56Cl2N2SiZr+2. The molecule has 0 aliphatic carbocycles. The van der Waals surface area contributed by atoms with Gasteiger partial charge in [-0.2, -0.15) is 12.1 Å². The Labute approximate surface area is 335 Å². The van der Waals surface area contributed by atoms with Gasteiger partial charge in [0.15, 0.2) is 0 Å². The summed E-state index contributed by atoms with van der Waals surface area (Å²) in [5.41, 5.74) is 10.6. The standard InChI is InChI=1S/2C22H25N.C2H6Si.2ClH.Zr/c2*1-5-14-23(3,4)20-12-10-18(11-13-20)21-9-7-8-19-15-17(6-2)16-22(19)21;1-3-2;;;/h2*5,7-13,15-16H,1,6,14H2,2-4H3;1-2H3;2*1H;/q;;;;;+4/p-2. The van der Waals surface area contributed by atoms with Crippen LogP contribution in [0.4, 0.5) is 11.4 Å². The number of quaternary nitrogens is 2. The number of fused-ring (bicyclic) bond motifs is 2. The molecule has 6 aromatic rings. The Morgan fingerprint density at radius 1 is 0.615 bits per heavy atom. The average molecular weight is 827 g/mol. The van der Waals surface area contributed by atoms with Crippen molar-refractivity contribution < 1.29 is 20.8 Å². The van der Waals surface area contributed by atoms with Gasteiger partial charge in [-0.3, -0.25) is 8.97 Å². The number of rotatable bonds is 10. The maximum atomic E-state index is 4.93. The predicted molar refractivity (Wildman–Crippen MR) is 235 cm³/mol. The summed E-state index contributed by atoms with van der Waals surface area (Å²) in [6.45, 7) is 18.3. The van der Waals surface area contributed by atoms with E-state index in [-0.39, 0.29) is 0 Å². The molecule has 0 saturated heterocycles. The molecule has 6 heteroatoms. The third-order valence-corrected chi connectivity index (χ3v) is 9.36. The molecule has 0 N–H and O–H groups in total. The van der Waals surface area contributed by atoms with Crippen molar-refractivity contribution in [3.63, 3.8) is 0 Å². The molecular weight excluding hydrogens is 771 g/mol. The van der Waals surface area contributed by atoms with E-state index in [9.17, 15) is 0 Å².